The number of rotatable bonds is 2. The first-order valence-corrected chi connectivity index (χ1v) is 4.86. The highest BCUT2D eigenvalue weighted by Crippen LogP contribution is 2.14. The Morgan fingerprint density at radius 2 is 2.00 bits per heavy atom. The van der Waals surface area contributed by atoms with Crippen molar-refractivity contribution in [2.45, 2.75) is 13.3 Å². The molecule has 2 aromatic rings. The molecule has 1 aromatic heterocycles. The van der Waals surface area contributed by atoms with Gasteiger partial charge in [-0.1, -0.05) is 18.2 Å². The third-order valence-electron chi connectivity index (χ3n) is 2.33. The van der Waals surface area contributed by atoms with Crippen LogP contribution in [-0.4, -0.2) is 11.5 Å². The smallest absolute Gasteiger partial charge is 0.0707 e. The van der Waals surface area contributed by atoms with Gasteiger partial charge in [0, 0.05) is 11.1 Å². The van der Waals surface area contributed by atoms with Crippen molar-refractivity contribution < 1.29 is 0 Å². The predicted molar refractivity (Wildman–Crippen MR) is 59.2 cm³/mol. The van der Waals surface area contributed by atoms with Gasteiger partial charge >= 0.3 is 0 Å². The number of aryl methyl sites for hydroxylation is 1. The fourth-order valence-electron chi connectivity index (χ4n) is 1.59. The number of pyridine rings is 1. The monoisotopic (exact) mass is 186 g/mol. The van der Waals surface area contributed by atoms with E-state index in [4.69, 9.17) is 5.73 Å². The molecule has 2 nitrogen and oxygen atoms in total. The number of nitrogens with two attached hydrogens (primary N) is 1. The van der Waals surface area contributed by atoms with Crippen LogP contribution in [0.3, 0.4) is 0 Å². The molecule has 0 unspecified atom stereocenters. The molecule has 0 aliphatic rings. The molecule has 0 spiro atoms. The summed E-state index contributed by atoms with van der Waals surface area (Å²) in [4.78, 5) is 4.48. The van der Waals surface area contributed by atoms with Crippen molar-refractivity contribution in [3.8, 4) is 0 Å². The normalized spacial score (nSPS) is 10.7. The van der Waals surface area contributed by atoms with Gasteiger partial charge < -0.3 is 5.73 Å². The van der Waals surface area contributed by atoms with E-state index in [1.54, 1.807) is 0 Å². The van der Waals surface area contributed by atoms with Crippen LogP contribution in [0.25, 0.3) is 10.9 Å². The number of nitrogens with zero attached hydrogens (tertiary/aromatic N) is 1. The Hall–Kier alpha value is -1.41. The average molecular weight is 186 g/mol. The van der Waals surface area contributed by atoms with Crippen molar-refractivity contribution in [2.24, 2.45) is 5.73 Å². The molecule has 2 heteroatoms. The van der Waals surface area contributed by atoms with Crippen LogP contribution in [0.15, 0.2) is 30.3 Å². The molecule has 0 aliphatic carbocycles. The van der Waals surface area contributed by atoms with Crippen molar-refractivity contribution in [1.29, 1.82) is 0 Å². The molecule has 0 radical (unpaired) electrons. The first-order valence-electron chi connectivity index (χ1n) is 4.86. The minimum Gasteiger partial charge on any atom is -0.330 e. The molecular weight excluding hydrogens is 172 g/mol. The summed E-state index contributed by atoms with van der Waals surface area (Å²) in [6, 6.07) is 10.5. The molecule has 1 heterocycles. The van der Waals surface area contributed by atoms with E-state index in [-0.39, 0.29) is 0 Å². The minimum atomic E-state index is 0.692. The van der Waals surface area contributed by atoms with Gasteiger partial charge in [-0.15, -0.1) is 0 Å². The van der Waals surface area contributed by atoms with E-state index in [9.17, 15) is 0 Å². The lowest BCUT2D eigenvalue weighted by Gasteiger charge is -2.02. The standard InChI is InChI=1S/C12H14N2/c1-9-2-4-11-5-3-10(6-7-13)8-12(11)14-9/h2-5,8H,6-7,13H2,1H3. The molecule has 0 saturated heterocycles. The van der Waals surface area contributed by atoms with Crippen molar-refractivity contribution in [2.75, 3.05) is 6.54 Å². The number of aromatic nitrogens is 1. The summed E-state index contributed by atoms with van der Waals surface area (Å²) in [6.07, 6.45) is 0.922. The number of fused-ring (bicyclic) bond motifs is 1. The van der Waals surface area contributed by atoms with Gasteiger partial charge in [-0.2, -0.15) is 0 Å². The molecule has 72 valence electrons. The molecule has 2 N–H and O–H groups in total. The highest BCUT2D eigenvalue weighted by molar-refractivity contribution is 5.79. The van der Waals surface area contributed by atoms with Crippen LogP contribution < -0.4 is 5.73 Å². The number of benzene rings is 1. The largest absolute Gasteiger partial charge is 0.330 e. The summed E-state index contributed by atoms with van der Waals surface area (Å²) in [6.45, 7) is 2.70. The first-order chi connectivity index (χ1) is 6.79. The van der Waals surface area contributed by atoms with E-state index in [2.05, 4.69) is 29.2 Å². The van der Waals surface area contributed by atoms with Gasteiger partial charge in [0.25, 0.3) is 0 Å². The molecule has 0 aliphatic heterocycles. The second-order valence-corrected chi connectivity index (χ2v) is 3.52. The predicted octanol–water partition coefficient (Wildman–Crippen LogP) is 2.04. The molecule has 0 fully saturated rings. The molecule has 0 amide bonds. The van der Waals surface area contributed by atoms with Crippen LogP contribution in [0.4, 0.5) is 0 Å². The number of hydrogen-bond donors (Lipinski definition) is 1. The maximum Gasteiger partial charge on any atom is 0.0707 e. The van der Waals surface area contributed by atoms with E-state index in [1.807, 2.05) is 13.0 Å². The zero-order valence-electron chi connectivity index (χ0n) is 8.33. The second-order valence-electron chi connectivity index (χ2n) is 3.52. The van der Waals surface area contributed by atoms with Gasteiger partial charge in [0.15, 0.2) is 0 Å². The Bertz CT molecular complexity index is 449. The van der Waals surface area contributed by atoms with Gasteiger partial charge in [-0.25, -0.2) is 0 Å². The Morgan fingerprint density at radius 3 is 2.79 bits per heavy atom. The Balaban J connectivity index is 2.52. The maximum absolute atomic E-state index is 5.51. The van der Waals surface area contributed by atoms with Gasteiger partial charge in [-0.3, -0.25) is 4.98 Å². The lowest BCUT2D eigenvalue weighted by atomic mass is 10.1. The van der Waals surface area contributed by atoms with Crippen LogP contribution in [0.5, 0.6) is 0 Å². The fraction of sp³-hybridized carbons (Fsp3) is 0.250. The van der Waals surface area contributed by atoms with Crippen LogP contribution in [0, 0.1) is 6.92 Å². The molecule has 0 atom stereocenters. The third-order valence-corrected chi connectivity index (χ3v) is 2.33. The summed E-state index contributed by atoms with van der Waals surface area (Å²) in [5, 5.41) is 1.19. The van der Waals surface area contributed by atoms with Crippen molar-refractivity contribution in [3.63, 3.8) is 0 Å². The zero-order chi connectivity index (χ0) is 9.97. The summed E-state index contributed by atoms with van der Waals surface area (Å²) in [7, 11) is 0. The van der Waals surface area contributed by atoms with E-state index >= 15 is 0 Å². The van der Waals surface area contributed by atoms with Crippen LogP contribution in [0.2, 0.25) is 0 Å². The van der Waals surface area contributed by atoms with Gasteiger partial charge in [-0.05, 0) is 37.6 Å². The topological polar surface area (TPSA) is 38.9 Å². The first kappa shape index (κ1) is 9.16. The lowest BCUT2D eigenvalue weighted by molar-refractivity contribution is 0.970. The van der Waals surface area contributed by atoms with E-state index in [1.165, 1.54) is 10.9 Å². The molecular formula is C12H14N2. The van der Waals surface area contributed by atoms with Crippen LogP contribution in [0.1, 0.15) is 11.3 Å². The Kier molecular flexibility index (Phi) is 2.46. The fourth-order valence-corrected chi connectivity index (χ4v) is 1.59. The van der Waals surface area contributed by atoms with Crippen molar-refractivity contribution in [3.05, 3.63) is 41.6 Å². The van der Waals surface area contributed by atoms with Gasteiger partial charge in [0.2, 0.25) is 0 Å². The Morgan fingerprint density at radius 1 is 1.21 bits per heavy atom. The maximum atomic E-state index is 5.51. The quantitative estimate of drug-likeness (QED) is 0.779. The molecule has 1 aromatic carbocycles. The Labute approximate surface area is 83.8 Å². The van der Waals surface area contributed by atoms with Crippen molar-refractivity contribution >= 4 is 10.9 Å². The highest BCUT2D eigenvalue weighted by atomic mass is 14.7. The lowest BCUT2D eigenvalue weighted by Crippen LogP contribution is -2.02. The van der Waals surface area contributed by atoms with Gasteiger partial charge in [0.05, 0.1) is 5.52 Å². The average Bonchev–Trinajstić information content (AvgIpc) is 2.17. The summed E-state index contributed by atoms with van der Waals surface area (Å²) >= 11 is 0. The molecule has 2 rings (SSSR count). The SMILES string of the molecule is Cc1ccc2ccc(CCN)cc2n1. The summed E-state index contributed by atoms with van der Waals surface area (Å²) in [5.41, 5.74) is 8.90. The minimum absolute atomic E-state index is 0.692. The summed E-state index contributed by atoms with van der Waals surface area (Å²) < 4.78 is 0. The molecule has 0 bridgehead atoms. The van der Waals surface area contributed by atoms with Gasteiger partial charge in [0.1, 0.15) is 0 Å². The summed E-state index contributed by atoms with van der Waals surface area (Å²) in [5.74, 6) is 0. The van der Waals surface area contributed by atoms with E-state index in [0.29, 0.717) is 6.54 Å². The van der Waals surface area contributed by atoms with E-state index in [0.717, 1.165) is 17.6 Å². The highest BCUT2D eigenvalue weighted by Gasteiger charge is 1.97. The zero-order valence-corrected chi connectivity index (χ0v) is 8.33. The van der Waals surface area contributed by atoms with Crippen molar-refractivity contribution in [1.82, 2.24) is 4.98 Å². The molecule has 14 heavy (non-hydrogen) atoms. The molecule has 0 saturated carbocycles. The van der Waals surface area contributed by atoms with Crippen LogP contribution >= 0.6 is 0 Å². The third kappa shape index (κ3) is 1.75. The van der Waals surface area contributed by atoms with E-state index < -0.39 is 0 Å². The van der Waals surface area contributed by atoms with Crippen LogP contribution in [-0.2, 0) is 6.42 Å². The second kappa shape index (κ2) is 3.76. The number of hydrogen-bond acceptors (Lipinski definition) is 2.